The van der Waals surface area contributed by atoms with Crippen LogP contribution >= 0.6 is 0 Å². The van der Waals surface area contributed by atoms with Crippen LogP contribution in [0.1, 0.15) is 80.4 Å². The second kappa shape index (κ2) is 9.34. The molecule has 36 heavy (non-hydrogen) atoms. The van der Waals surface area contributed by atoms with Gasteiger partial charge in [0.15, 0.2) is 8.07 Å². The van der Waals surface area contributed by atoms with E-state index in [9.17, 15) is 0 Å². The Morgan fingerprint density at radius 1 is 0.556 bits per heavy atom. The number of allylic oxidation sites excluding steroid dienone is 4. The Labute approximate surface area is 221 Å². The summed E-state index contributed by atoms with van der Waals surface area (Å²) >= 11 is 0. The molecule has 1 atom stereocenters. The molecule has 188 valence electrons. The van der Waals surface area contributed by atoms with Crippen LogP contribution in [0.2, 0.25) is 0 Å². The van der Waals surface area contributed by atoms with Gasteiger partial charge in [0.05, 0.1) is 0 Å². The van der Waals surface area contributed by atoms with Crippen molar-refractivity contribution in [2.24, 2.45) is 5.92 Å². The van der Waals surface area contributed by atoms with Crippen LogP contribution in [0.3, 0.4) is 0 Å². The molecular formula is C35H44Si. The van der Waals surface area contributed by atoms with Crippen molar-refractivity contribution in [3.63, 3.8) is 0 Å². The van der Waals surface area contributed by atoms with E-state index in [1.165, 1.54) is 43.4 Å². The summed E-state index contributed by atoms with van der Waals surface area (Å²) in [5.41, 5.74) is 7.49. The molecule has 1 aliphatic carbocycles. The van der Waals surface area contributed by atoms with Gasteiger partial charge >= 0.3 is 0 Å². The minimum atomic E-state index is -2.58. The molecule has 0 spiro atoms. The van der Waals surface area contributed by atoms with Crippen LogP contribution in [0.25, 0.3) is 0 Å². The summed E-state index contributed by atoms with van der Waals surface area (Å²) in [4.78, 5) is 0. The predicted molar refractivity (Wildman–Crippen MR) is 162 cm³/mol. The molecule has 4 rings (SSSR count). The number of hydrogen-bond donors (Lipinski definition) is 0. The minimum absolute atomic E-state index is 0.0678. The normalized spacial score (nSPS) is 17.2. The number of rotatable bonds is 4. The maximum absolute atomic E-state index is 2.58. The number of hydrogen-bond acceptors (Lipinski definition) is 0. The van der Waals surface area contributed by atoms with Crippen molar-refractivity contribution in [2.75, 3.05) is 0 Å². The highest BCUT2D eigenvalue weighted by atomic mass is 28.3. The van der Waals surface area contributed by atoms with Gasteiger partial charge in [0.25, 0.3) is 0 Å². The Morgan fingerprint density at radius 2 is 0.972 bits per heavy atom. The van der Waals surface area contributed by atoms with Gasteiger partial charge in [-0.15, -0.1) is 0 Å². The van der Waals surface area contributed by atoms with E-state index in [4.69, 9.17) is 0 Å². The minimum Gasteiger partial charge on any atom is -0.0636 e. The standard InChI is InChI=1S/C35H44Si/c1-24-25(2)27(4)33(26(24)3)36(30-17-13-11-14-18-30,31-19-15-12-16-20-31)32-22-28(34(5,6)7)21-29(23-32)35(8,9)10/h11-23,26H,1-10H3. The van der Waals surface area contributed by atoms with E-state index in [1.54, 1.807) is 5.20 Å². The lowest BCUT2D eigenvalue weighted by Gasteiger charge is -2.40. The average molecular weight is 493 g/mol. The lowest BCUT2D eigenvalue weighted by Crippen LogP contribution is -2.69. The summed E-state index contributed by atoms with van der Waals surface area (Å²) in [6.45, 7) is 23.6. The maximum atomic E-state index is 2.57. The predicted octanol–water partition coefficient (Wildman–Crippen LogP) is 7.59. The van der Waals surface area contributed by atoms with E-state index in [1.807, 2.05) is 0 Å². The zero-order valence-corrected chi connectivity index (χ0v) is 25.1. The van der Waals surface area contributed by atoms with Crippen LogP contribution in [0.5, 0.6) is 0 Å². The zero-order chi connectivity index (χ0) is 26.5. The van der Waals surface area contributed by atoms with E-state index in [2.05, 4.69) is 148 Å². The van der Waals surface area contributed by atoms with Crippen molar-refractivity contribution in [2.45, 2.75) is 80.1 Å². The fourth-order valence-corrected chi connectivity index (χ4v) is 11.7. The number of benzene rings is 3. The Kier molecular flexibility index (Phi) is 6.86. The molecule has 0 radical (unpaired) electrons. The highest BCUT2D eigenvalue weighted by Gasteiger charge is 2.48. The molecule has 3 aromatic carbocycles. The van der Waals surface area contributed by atoms with Crippen molar-refractivity contribution in [1.29, 1.82) is 0 Å². The lowest BCUT2D eigenvalue weighted by atomic mass is 9.81. The summed E-state index contributed by atoms with van der Waals surface area (Å²) in [7, 11) is -2.58. The first-order chi connectivity index (χ1) is 16.8. The first kappa shape index (κ1) is 26.4. The summed E-state index contributed by atoms with van der Waals surface area (Å²) in [6, 6.07) is 30.5. The average Bonchev–Trinajstić information content (AvgIpc) is 3.03. The third-order valence-electron chi connectivity index (χ3n) is 8.56. The summed E-state index contributed by atoms with van der Waals surface area (Å²) < 4.78 is 0. The van der Waals surface area contributed by atoms with Crippen LogP contribution in [0, 0.1) is 5.92 Å². The van der Waals surface area contributed by atoms with Gasteiger partial charge < -0.3 is 0 Å². The summed E-state index contributed by atoms with van der Waals surface area (Å²) in [6.07, 6.45) is 0. The first-order valence-corrected chi connectivity index (χ1v) is 15.5. The topological polar surface area (TPSA) is 0 Å². The van der Waals surface area contributed by atoms with Crippen LogP contribution < -0.4 is 15.6 Å². The summed E-state index contributed by atoms with van der Waals surface area (Å²) in [5, 5.41) is 6.12. The van der Waals surface area contributed by atoms with Gasteiger partial charge in [-0.1, -0.05) is 144 Å². The second-order valence-electron chi connectivity index (χ2n) is 12.8. The zero-order valence-electron chi connectivity index (χ0n) is 24.1. The molecule has 0 N–H and O–H groups in total. The fourth-order valence-electron chi connectivity index (χ4n) is 6.02. The third-order valence-corrected chi connectivity index (χ3v) is 13.7. The first-order valence-electron chi connectivity index (χ1n) is 13.5. The second-order valence-corrected chi connectivity index (χ2v) is 16.6. The van der Waals surface area contributed by atoms with Gasteiger partial charge in [-0.3, -0.25) is 0 Å². The quantitative estimate of drug-likeness (QED) is 0.260. The highest BCUT2D eigenvalue weighted by molar-refractivity contribution is 7.16. The van der Waals surface area contributed by atoms with Crippen molar-refractivity contribution < 1.29 is 0 Å². The molecule has 0 aromatic heterocycles. The van der Waals surface area contributed by atoms with Gasteiger partial charge in [-0.2, -0.15) is 0 Å². The monoisotopic (exact) mass is 492 g/mol. The van der Waals surface area contributed by atoms with Gasteiger partial charge in [0.1, 0.15) is 0 Å². The molecule has 0 heterocycles. The van der Waals surface area contributed by atoms with E-state index in [-0.39, 0.29) is 10.8 Å². The molecule has 0 saturated carbocycles. The van der Waals surface area contributed by atoms with Crippen molar-refractivity contribution in [3.05, 3.63) is 112 Å². The van der Waals surface area contributed by atoms with E-state index < -0.39 is 8.07 Å². The van der Waals surface area contributed by atoms with Crippen molar-refractivity contribution >= 4 is 23.6 Å². The Morgan fingerprint density at radius 3 is 1.31 bits per heavy atom. The molecular weight excluding hydrogens is 448 g/mol. The van der Waals surface area contributed by atoms with Gasteiger partial charge in [-0.25, -0.2) is 0 Å². The van der Waals surface area contributed by atoms with Crippen LogP contribution in [-0.4, -0.2) is 8.07 Å². The molecule has 0 amide bonds. The van der Waals surface area contributed by atoms with Gasteiger partial charge in [0.2, 0.25) is 0 Å². The lowest BCUT2D eigenvalue weighted by molar-refractivity contribution is 0.569. The molecule has 0 fully saturated rings. The largest absolute Gasteiger partial charge is 0.176 e. The van der Waals surface area contributed by atoms with Gasteiger partial charge in [-0.05, 0) is 69.8 Å². The molecule has 0 saturated heterocycles. The molecule has 1 heteroatoms. The van der Waals surface area contributed by atoms with Crippen molar-refractivity contribution in [3.8, 4) is 0 Å². The van der Waals surface area contributed by atoms with E-state index >= 15 is 0 Å². The SMILES string of the molecule is CC1=C(C)C(C)C([Si](c2ccccc2)(c2ccccc2)c2cc(C(C)(C)C)cc(C(C)(C)C)c2)=C1C. The smallest absolute Gasteiger partial charge is 0.0636 e. The van der Waals surface area contributed by atoms with E-state index in [0.717, 1.165) is 0 Å². The maximum Gasteiger partial charge on any atom is 0.176 e. The highest BCUT2D eigenvalue weighted by Crippen LogP contribution is 2.42. The molecule has 0 bridgehead atoms. The summed E-state index contributed by atoms with van der Waals surface area (Å²) in [5.74, 6) is 0.424. The Bertz CT molecular complexity index is 1240. The van der Waals surface area contributed by atoms with E-state index in [0.29, 0.717) is 5.92 Å². The molecule has 0 aliphatic heterocycles. The van der Waals surface area contributed by atoms with Gasteiger partial charge in [0, 0.05) is 0 Å². The molecule has 3 aromatic rings. The third kappa shape index (κ3) is 4.37. The fraction of sp³-hybridized carbons (Fsp3) is 0.371. The van der Waals surface area contributed by atoms with Crippen molar-refractivity contribution in [1.82, 2.24) is 0 Å². The Balaban J connectivity index is 2.25. The Hall–Kier alpha value is -2.64. The van der Waals surface area contributed by atoms with Crippen LogP contribution in [-0.2, 0) is 10.8 Å². The molecule has 1 aliphatic rings. The van der Waals surface area contributed by atoms with Crippen LogP contribution in [0.15, 0.2) is 101 Å². The molecule has 1 unspecified atom stereocenters. The van der Waals surface area contributed by atoms with Crippen LogP contribution in [0.4, 0.5) is 0 Å². The molecule has 0 nitrogen and oxygen atoms in total.